The van der Waals surface area contributed by atoms with Crippen LogP contribution in [0.25, 0.3) is 0 Å². The molecule has 0 bridgehead atoms. The molecule has 0 aliphatic carbocycles. The molecule has 19 heavy (non-hydrogen) atoms. The molecule has 0 amide bonds. The Bertz CT molecular complexity index is 599. The van der Waals surface area contributed by atoms with Gasteiger partial charge in [-0.2, -0.15) is 0 Å². The lowest BCUT2D eigenvalue weighted by Gasteiger charge is -2.14. The minimum atomic E-state index is -1.21. The van der Waals surface area contributed by atoms with E-state index in [1.165, 1.54) is 0 Å². The molecule has 0 heterocycles. The highest BCUT2D eigenvalue weighted by molar-refractivity contribution is 6.30. The SMILES string of the molecule is CCc1cccc(C(O)c2cc(F)c(Cl)cc2F)c1. The van der Waals surface area contributed by atoms with Gasteiger partial charge in [0.25, 0.3) is 0 Å². The summed E-state index contributed by atoms with van der Waals surface area (Å²) in [5, 5.41) is 9.86. The van der Waals surface area contributed by atoms with Gasteiger partial charge in [0, 0.05) is 5.56 Å². The highest BCUT2D eigenvalue weighted by atomic mass is 35.5. The second-order valence-corrected chi connectivity index (χ2v) is 4.70. The van der Waals surface area contributed by atoms with Gasteiger partial charge in [0.15, 0.2) is 0 Å². The van der Waals surface area contributed by atoms with Crippen LogP contribution in [0, 0.1) is 11.6 Å². The standard InChI is InChI=1S/C15H13ClF2O/c1-2-9-4-3-5-10(6-9)15(19)11-7-14(18)12(16)8-13(11)17/h3-8,15,19H,2H2,1H3. The van der Waals surface area contributed by atoms with Gasteiger partial charge in [-0.1, -0.05) is 42.8 Å². The number of rotatable bonds is 3. The van der Waals surface area contributed by atoms with E-state index in [9.17, 15) is 13.9 Å². The molecule has 0 radical (unpaired) electrons. The summed E-state index contributed by atoms with van der Waals surface area (Å²) < 4.78 is 27.1. The molecular formula is C15H13ClF2O. The average Bonchev–Trinajstić information content (AvgIpc) is 2.42. The van der Waals surface area contributed by atoms with Crippen molar-refractivity contribution in [2.45, 2.75) is 19.4 Å². The first-order valence-electron chi connectivity index (χ1n) is 5.94. The number of hydrogen-bond acceptors (Lipinski definition) is 1. The Morgan fingerprint density at radius 1 is 1.16 bits per heavy atom. The van der Waals surface area contributed by atoms with E-state index in [4.69, 9.17) is 11.6 Å². The number of aliphatic hydroxyl groups excluding tert-OH is 1. The van der Waals surface area contributed by atoms with Crippen molar-refractivity contribution in [3.05, 3.63) is 69.7 Å². The molecule has 0 aliphatic heterocycles. The molecule has 0 aliphatic rings. The summed E-state index contributed by atoms with van der Waals surface area (Å²) in [6.07, 6.45) is -0.406. The highest BCUT2D eigenvalue weighted by Gasteiger charge is 2.18. The van der Waals surface area contributed by atoms with Crippen LogP contribution in [0.3, 0.4) is 0 Å². The van der Waals surface area contributed by atoms with E-state index in [1.807, 2.05) is 13.0 Å². The van der Waals surface area contributed by atoms with Crippen LogP contribution in [0.2, 0.25) is 5.02 Å². The van der Waals surface area contributed by atoms with Crippen molar-refractivity contribution in [2.24, 2.45) is 0 Å². The summed E-state index contributed by atoms with van der Waals surface area (Å²) in [5.41, 5.74) is 1.43. The monoisotopic (exact) mass is 282 g/mol. The van der Waals surface area contributed by atoms with Gasteiger partial charge in [-0.15, -0.1) is 0 Å². The minimum Gasteiger partial charge on any atom is -0.384 e. The lowest BCUT2D eigenvalue weighted by Crippen LogP contribution is -2.04. The van der Waals surface area contributed by atoms with Crippen molar-refractivity contribution < 1.29 is 13.9 Å². The maximum Gasteiger partial charge on any atom is 0.142 e. The third-order valence-electron chi connectivity index (χ3n) is 3.01. The first kappa shape index (κ1) is 14.0. The zero-order valence-electron chi connectivity index (χ0n) is 10.3. The van der Waals surface area contributed by atoms with Gasteiger partial charge < -0.3 is 5.11 Å². The summed E-state index contributed by atoms with van der Waals surface area (Å²) in [5.74, 6) is -1.47. The summed E-state index contributed by atoms with van der Waals surface area (Å²) in [4.78, 5) is 0. The van der Waals surface area contributed by atoms with Crippen LogP contribution in [0.4, 0.5) is 8.78 Å². The molecule has 2 aromatic carbocycles. The smallest absolute Gasteiger partial charge is 0.142 e. The molecule has 1 atom stereocenters. The van der Waals surface area contributed by atoms with Gasteiger partial charge in [0.05, 0.1) is 5.02 Å². The van der Waals surface area contributed by atoms with Crippen molar-refractivity contribution in [3.63, 3.8) is 0 Å². The van der Waals surface area contributed by atoms with Crippen molar-refractivity contribution in [2.75, 3.05) is 0 Å². The Hall–Kier alpha value is -1.45. The molecule has 0 spiro atoms. The summed E-state index contributed by atoms with van der Waals surface area (Å²) in [7, 11) is 0. The van der Waals surface area contributed by atoms with E-state index < -0.39 is 17.7 Å². The molecule has 0 fully saturated rings. The van der Waals surface area contributed by atoms with E-state index >= 15 is 0 Å². The Morgan fingerprint density at radius 2 is 1.89 bits per heavy atom. The Labute approximate surface area is 115 Å². The van der Waals surface area contributed by atoms with Crippen molar-refractivity contribution >= 4 is 11.6 Å². The van der Waals surface area contributed by atoms with E-state index in [-0.39, 0.29) is 10.6 Å². The quantitative estimate of drug-likeness (QED) is 0.834. The third-order valence-corrected chi connectivity index (χ3v) is 3.30. The molecule has 2 aromatic rings. The largest absolute Gasteiger partial charge is 0.384 e. The van der Waals surface area contributed by atoms with Gasteiger partial charge in [0.2, 0.25) is 0 Å². The van der Waals surface area contributed by atoms with Gasteiger partial charge in [-0.3, -0.25) is 0 Å². The van der Waals surface area contributed by atoms with E-state index in [2.05, 4.69) is 0 Å². The van der Waals surface area contributed by atoms with Crippen LogP contribution in [-0.2, 0) is 6.42 Å². The Kier molecular flexibility index (Phi) is 4.17. The topological polar surface area (TPSA) is 20.2 Å². The molecule has 0 aromatic heterocycles. The predicted octanol–water partition coefficient (Wildman–Crippen LogP) is 4.26. The molecule has 1 N–H and O–H groups in total. The zero-order valence-corrected chi connectivity index (χ0v) is 11.1. The fourth-order valence-corrected chi connectivity index (χ4v) is 2.06. The Balaban J connectivity index is 2.43. The van der Waals surface area contributed by atoms with Crippen molar-refractivity contribution in [1.82, 2.24) is 0 Å². The maximum atomic E-state index is 13.7. The van der Waals surface area contributed by atoms with Crippen molar-refractivity contribution in [1.29, 1.82) is 0 Å². The van der Waals surface area contributed by atoms with Gasteiger partial charge in [-0.05, 0) is 29.7 Å². The molecule has 0 saturated carbocycles. The van der Waals surface area contributed by atoms with E-state index in [0.717, 1.165) is 24.1 Å². The second-order valence-electron chi connectivity index (χ2n) is 4.29. The number of aryl methyl sites for hydroxylation is 1. The van der Waals surface area contributed by atoms with E-state index in [0.29, 0.717) is 5.56 Å². The van der Waals surface area contributed by atoms with Crippen LogP contribution in [0.5, 0.6) is 0 Å². The first-order chi connectivity index (χ1) is 9.02. The van der Waals surface area contributed by atoms with Crippen LogP contribution < -0.4 is 0 Å². The molecule has 0 saturated heterocycles. The number of benzene rings is 2. The fourth-order valence-electron chi connectivity index (χ4n) is 1.91. The highest BCUT2D eigenvalue weighted by Crippen LogP contribution is 2.28. The zero-order chi connectivity index (χ0) is 14.0. The van der Waals surface area contributed by atoms with Crippen LogP contribution in [0.15, 0.2) is 36.4 Å². The lowest BCUT2D eigenvalue weighted by atomic mass is 9.98. The summed E-state index contributed by atoms with van der Waals surface area (Å²) >= 11 is 5.49. The summed E-state index contributed by atoms with van der Waals surface area (Å²) in [6.45, 7) is 1.98. The first-order valence-corrected chi connectivity index (χ1v) is 6.32. The Morgan fingerprint density at radius 3 is 2.58 bits per heavy atom. The second kappa shape index (κ2) is 5.68. The average molecular weight is 283 g/mol. The number of hydrogen-bond donors (Lipinski definition) is 1. The van der Waals surface area contributed by atoms with Crippen LogP contribution >= 0.6 is 11.6 Å². The molecule has 1 nitrogen and oxygen atoms in total. The molecule has 2 rings (SSSR count). The van der Waals surface area contributed by atoms with Crippen molar-refractivity contribution in [3.8, 4) is 0 Å². The third kappa shape index (κ3) is 2.94. The lowest BCUT2D eigenvalue weighted by molar-refractivity contribution is 0.214. The fraction of sp³-hybridized carbons (Fsp3) is 0.200. The van der Waals surface area contributed by atoms with Crippen LogP contribution in [0.1, 0.15) is 29.7 Å². The normalized spacial score (nSPS) is 12.5. The molecule has 1 unspecified atom stereocenters. The number of aliphatic hydroxyl groups is 1. The number of halogens is 3. The maximum absolute atomic E-state index is 13.7. The molecule has 4 heteroatoms. The van der Waals surface area contributed by atoms with Crippen LogP contribution in [-0.4, -0.2) is 5.11 Å². The minimum absolute atomic E-state index is 0.116. The van der Waals surface area contributed by atoms with E-state index in [1.54, 1.807) is 18.2 Å². The predicted molar refractivity (Wildman–Crippen MR) is 71.2 cm³/mol. The molecular weight excluding hydrogens is 270 g/mol. The summed E-state index contributed by atoms with van der Waals surface area (Å²) in [6, 6.07) is 8.95. The van der Waals surface area contributed by atoms with Gasteiger partial charge >= 0.3 is 0 Å². The van der Waals surface area contributed by atoms with Gasteiger partial charge in [0.1, 0.15) is 17.7 Å². The van der Waals surface area contributed by atoms with Gasteiger partial charge in [-0.25, -0.2) is 8.78 Å². The molecule has 100 valence electrons.